The molecule has 0 saturated heterocycles. The summed E-state index contributed by atoms with van der Waals surface area (Å²) in [5.74, 6) is -0.0505. The lowest BCUT2D eigenvalue weighted by molar-refractivity contribution is -0.0976. The highest BCUT2D eigenvalue weighted by molar-refractivity contribution is 5.98. The molecule has 2 rings (SSSR count). The summed E-state index contributed by atoms with van der Waals surface area (Å²) in [6.07, 6.45) is 2.61. The molecule has 2 atom stereocenters. The van der Waals surface area contributed by atoms with Gasteiger partial charge in [-0.25, -0.2) is 4.98 Å². The molecule has 6 heteroatoms. The average Bonchev–Trinajstić information content (AvgIpc) is 2.39. The summed E-state index contributed by atoms with van der Waals surface area (Å²) in [6, 6.07) is 1.73. The largest absolute Gasteiger partial charge is 0.397 e. The van der Waals surface area contributed by atoms with E-state index in [9.17, 15) is 4.79 Å². The van der Waals surface area contributed by atoms with Crippen LogP contribution in [0.5, 0.6) is 0 Å². The molecule has 2 unspecified atom stereocenters. The van der Waals surface area contributed by atoms with Crippen LogP contribution in [-0.2, 0) is 4.74 Å². The molecule has 1 saturated carbocycles. The number of carbonyl (C=O) groups excluding carboxylic acids is 1. The zero-order valence-electron chi connectivity index (χ0n) is 12.1. The van der Waals surface area contributed by atoms with E-state index >= 15 is 0 Å². The summed E-state index contributed by atoms with van der Waals surface area (Å²) in [5, 5.41) is 3.29. The first kappa shape index (κ1) is 14.6. The summed E-state index contributed by atoms with van der Waals surface area (Å²) in [5.41, 5.74) is 11.7. The number of hydrogen-bond donors (Lipinski definition) is 3. The second-order valence-corrected chi connectivity index (χ2v) is 5.73. The molecular formula is C14H22N4O2. The van der Waals surface area contributed by atoms with E-state index in [1.165, 1.54) is 6.20 Å². The van der Waals surface area contributed by atoms with Gasteiger partial charge in [-0.05, 0) is 19.4 Å². The quantitative estimate of drug-likeness (QED) is 0.755. The Kier molecular flexibility index (Phi) is 3.85. The van der Waals surface area contributed by atoms with E-state index in [2.05, 4.69) is 24.1 Å². The maximum atomic E-state index is 11.5. The molecule has 0 aromatic carbocycles. The van der Waals surface area contributed by atoms with Crippen molar-refractivity contribution >= 4 is 17.4 Å². The summed E-state index contributed by atoms with van der Waals surface area (Å²) in [7, 11) is 0. The minimum atomic E-state index is -0.536. The second-order valence-electron chi connectivity index (χ2n) is 5.73. The number of nitrogen functional groups attached to an aromatic ring is 1. The highest BCUT2D eigenvalue weighted by Crippen LogP contribution is 2.44. The molecule has 20 heavy (non-hydrogen) atoms. The van der Waals surface area contributed by atoms with E-state index in [-0.39, 0.29) is 17.6 Å². The molecule has 1 aromatic rings. The maximum absolute atomic E-state index is 11.5. The van der Waals surface area contributed by atoms with Crippen LogP contribution < -0.4 is 16.8 Å². The van der Waals surface area contributed by atoms with E-state index in [1.807, 2.05) is 6.92 Å². The number of carbonyl (C=O) groups is 1. The Balaban J connectivity index is 2.14. The smallest absolute Gasteiger partial charge is 0.252 e. The third kappa shape index (κ3) is 2.56. The van der Waals surface area contributed by atoms with Gasteiger partial charge in [-0.15, -0.1) is 0 Å². The molecule has 1 heterocycles. The summed E-state index contributed by atoms with van der Waals surface area (Å²) in [4.78, 5) is 15.6. The predicted octanol–water partition coefficient (Wildman–Crippen LogP) is 1.38. The fraction of sp³-hybridized carbons (Fsp3) is 0.571. The van der Waals surface area contributed by atoms with Gasteiger partial charge in [-0.2, -0.15) is 0 Å². The number of amides is 1. The molecule has 0 bridgehead atoms. The Hall–Kier alpha value is -1.82. The van der Waals surface area contributed by atoms with Crippen LogP contribution in [0.4, 0.5) is 11.5 Å². The van der Waals surface area contributed by atoms with Crippen LogP contribution in [-0.4, -0.2) is 29.6 Å². The topological polar surface area (TPSA) is 103 Å². The van der Waals surface area contributed by atoms with Crippen molar-refractivity contribution in [3.8, 4) is 0 Å². The molecular weight excluding hydrogens is 256 g/mol. The first-order valence-corrected chi connectivity index (χ1v) is 6.79. The number of aromatic nitrogens is 1. The van der Waals surface area contributed by atoms with Crippen LogP contribution in [0, 0.1) is 5.41 Å². The number of hydrogen-bond acceptors (Lipinski definition) is 5. The van der Waals surface area contributed by atoms with Gasteiger partial charge >= 0.3 is 0 Å². The van der Waals surface area contributed by atoms with Gasteiger partial charge in [0.05, 0.1) is 23.6 Å². The van der Waals surface area contributed by atoms with Gasteiger partial charge in [0.1, 0.15) is 5.82 Å². The molecule has 1 aliphatic rings. The number of nitrogens with one attached hydrogen (secondary N) is 1. The highest BCUT2D eigenvalue weighted by atomic mass is 16.5. The van der Waals surface area contributed by atoms with Crippen molar-refractivity contribution in [2.24, 2.45) is 11.1 Å². The van der Waals surface area contributed by atoms with Gasteiger partial charge in [0.25, 0.3) is 5.91 Å². The van der Waals surface area contributed by atoms with Crippen LogP contribution in [0.2, 0.25) is 0 Å². The average molecular weight is 278 g/mol. The molecule has 0 aliphatic heterocycles. The zero-order valence-corrected chi connectivity index (χ0v) is 12.1. The minimum Gasteiger partial charge on any atom is -0.397 e. The first-order chi connectivity index (χ1) is 9.36. The number of pyridine rings is 1. The van der Waals surface area contributed by atoms with E-state index in [4.69, 9.17) is 16.2 Å². The Bertz CT molecular complexity index is 516. The van der Waals surface area contributed by atoms with Crippen molar-refractivity contribution in [3.05, 3.63) is 17.8 Å². The van der Waals surface area contributed by atoms with Gasteiger partial charge in [0.2, 0.25) is 0 Å². The van der Waals surface area contributed by atoms with E-state index < -0.39 is 5.91 Å². The fourth-order valence-corrected chi connectivity index (χ4v) is 2.56. The molecule has 1 aliphatic carbocycles. The molecule has 1 fully saturated rings. The molecule has 5 N–H and O–H groups in total. The number of primary amides is 1. The Morgan fingerprint density at radius 1 is 1.60 bits per heavy atom. The van der Waals surface area contributed by atoms with Crippen molar-refractivity contribution in [1.82, 2.24) is 4.98 Å². The molecule has 0 spiro atoms. The summed E-state index contributed by atoms with van der Waals surface area (Å²) < 4.78 is 5.69. The predicted molar refractivity (Wildman–Crippen MR) is 78.4 cm³/mol. The van der Waals surface area contributed by atoms with Crippen LogP contribution in [0.3, 0.4) is 0 Å². The Labute approximate surface area is 118 Å². The normalized spacial score (nSPS) is 23.9. The zero-order chi connectivity index (χ0) is 14.9. The maximum Gasteiger partial charge on any atom is 0.252 e. The molecule has 6 nitrogen and oxygen atoms in total. The third-order valence-corrected chi connectivity index (χ3v) is 4.03. The van der Waals surface area contributed by atoms with Crippen LogP contribution in [0.25, 0.3) is 0 Å². The fourth-order valence-electron chi connectivity index (χ4n) is 2.56. The number of ether oxygens (including phenoxy) is 1. The monoisotopic (exact) mass is 278 g/mol. The van der Waals surface area contributed by atoms with Gasteiger partial charge in [0, 0.05) is 18.1 Å². The molecule has 1 amide bonds. The van der Waals surface area contributed by atoms with Crippen molar-refractivity contribution in [3.63, 3.8) is 0 Å². The van der Waals surface area contributed by atoms with E-state index in [0.717, 1.165) is 6.42 Å². The number of nitrogens with zero attached hydrogens (tertiary/aromatic N) is 1. The van der Waals surface area contributed by atoms with Crippen molar-refractivity contribution in [1.29, 1.82) is 0 Å². The molecule has 1 aromatic heterocycles. The SMILES string of the molecule is CCOC1CC(Nc2ncc(N)cc2C(N)=O)C1(C)C. The second kappa shape index (κ2) is 5.28. The standard InChI is InChI=1S/C14H22N4O2/c1-4-20-11-6-10(14(11,2)3)18-13-9(12(16)19)5-8(15)7-17-13/h5,7,10-11H,4,6,15H2,1-3H3,(H2,16,19)(H,17,18). The van der Waals surface area contributed by atoms with Crippen molar-refractivity contribution < 1.29 is 9.53 Å². The van der Waals surface area contributed by atoms with Crippen LogP contribution in [0.1, 0.15) is 37.6 Å². The van der Waals surface area contributed by atoms with Crippen LogP contribution >= 0.6 is 0 Å². The van der Waals surface area contributed by atoms with Crippen LogP contribution in [0.15, 0.2) is 12.3 Å². The number of anilines is 2. The van der Waals surface area contributed by atoms with Gasteiger partial charge in [-0.1, -0.05) is 13.8 Å². The minimum absolute atomic E-state index is 0.0198. The number of nitrogens with two attached hydrogens (primary N) is 2. The third-order valence-electron chi connectivity index (χ3n) is 4.03. The molecule has 110 valence electrons. The molecule has 0 radical (unpaired) electrons. The Morgan fingerprint density at radius 3 is 2.85 bits per heavy atom. The van der Waals surface area contributed by atoms with Gasteiger partial charge < -0.3 is 21.5 Å². The lowest BCUT2D eigenvalue weighted by Gasteiger charge is -2.51. The Morgan fingerprint density at radius 2 is 2.30 bits per heavy atom. The number of rotatable bonds is 5. The van der Waals surface area contributed by atoms with Crippen molar-refractivity contribution in [2.75, 3.05) is 17.7 Å². The van der Waals surface area contributed by atoms with Crippen molar-refractivity contribution in [2.45, 2.75) is 39.3 Å². The lowest BCUT2D eigenvalue weighted by Crippen LogP contribution is -2.58. The van der Waals surface area contributed by atoms with Gasteiger partial charge in [0.15, 0.2) is 0 Å². The highest BCUT2D eigenvalue weighted by Gasteiger charge is 2.49. The van der Waals surface area contributed by atoms with E-state index in [1.54, 1.807) is 6.07 Å². The van der Waals surface area contributed by atoms with Gasteiger partial charge in [-0.3, -0.25) is 4.79 Å². The van der Waals surface area contributed by atoms with E-state index in [0.29, 0.717) is 23.7 Å². The summed E-state index contributed by atoms with van der Waals surface area (Å²) >= 11 is 0. The summed E-state index contributed by atoms with van der Waals surface area (Å²) in [6.45, 7) is 6.96. The lowest BCUT2D eigenvalue weighted by atomic mass is 9.64. The first-order valence-electron chi connectivity index (χ1n) is 6.79.